The lowest BCUT2D eigenvalue weighted by atomic mass is 10.1. The second-order valence-corrected chi connectivity index (χ2v) is 8.08. The van der Waals surface area contributed by atoms with E-state index in [9.17, 15) is 8.42 Å². The Labute approximate surface area is 137 Å². The number of benzene rings is 1. The van der Waals surface area contributed by atoms with Crippen LogP contribution in [0.4, 0.5) is 0 Å². The van der Waals surface area contributed by atoms with E-state index in [1.54, 1.807) is 4.31 Å². The fourth-order valence-electron chi connectivity index (χ4n) is 3.63. The van der Waals surface area contributed by atoms with Crippen molar-refractivity contribution in [3.05, 3.63) is 17.2 Å². The summed E-state index contributed by atoms with van der Waals surface area (Å²) in [5.41, 5.74) is 1.75. The molecule has 3 aliphatic rings. The summed E-state index contributed by atoms with van der Waals surface area (Å²) in [6.45, 7) is 6.79. The maximum Gasteiger partial charge on any atom is 0.247 e. The van der Waals surface area contributed by atoms with Gasteiger partial charge in [0.25, 0.3) is 0 Å². The van der Waals surface area contributed by atoms with Crippen LogP contribution in [0.15, 0.2) is 11.0 Å². The number of likely N-dealkylation sites (N-methyl/N-ethyl adjacent to an activating group) is 1. The summed E-state index contributed by atoms with van der Waals surface area (Å²) < 4.78 is 39.5. The molecule has 126 valence electrons. The fraction of sp³-hybridized carbons (Fsp3) is 0.625. The molecule has 1 aromatic carbocycles. The number of ether oxygens (including phenoxy) is 2. The van der Waals surface area contributed by atoms with Crippen LogP contribution in [0.5, 0.6) is 11.5 Å². The Kier molecular flexibility index (Phi) is 3.74. The number of sulfonamides is 1. The van der Waals surface area contributed by atoms with Gasteiger partial charge in [0.1, 0.15) is 16.4 Å². The van der Waals surface area contributed by atoms with E-state index in [0.717, 1.165) is 42.9 Å². The number of piperazine rings is 1. The van der Waals surface area contributed by atoms with Gasteiger partial charge in [-0.05, 0) is 12.6 Å². The van der Waals surface area contributed by atoms with Crippen LogP contribution in [-0.2, 0) is 22.9 Å². The first kappa shape index (κ1) is 15.2. The van der Waals surface area contributed by atoms with Gasteiger partial charge in [-0.3, -0.25) is 0 Å². The minimum Gasteiger partial charge on any atom is -0.493 e. The Morgan fingerprint density at radius 3 is 2.57 bits per heavy atom. The average Bonchev–Trinajstić information content (AvgIpc) is 3.20. The van der Waals surface area contributed by atoms with Crippen molar-refractivity contribution in [3.63, 3.8) is 0 Å². The molecular formula is C16H22N2O4S. The molecule has 0 spiro atoms. The summed E-state index contributed by atoms with van der Waals surface area (Å²) in [4.78, 5) is 2.64. The first-order valence-corrected chi connectivity index (χ1v) is 9.72. The van der Waals surface area contributed by atoms with Gasteiger partial charge in [-0.2, -0.15) is 4.31 Å². The smallest absolute Gasteiger partial charge is 0.247 e. The number of hydrogen-bond acceptors (Lipinski definition) is 5. The van der Waals surface area contributed by atoms with E-state index >= 15 is 0 Å². The van der Waals surface area contributed by atoms with Gasteiger partial charge in [0.15, 0.2) is 0 Å². The zero-order chi connectivity index (χ0) is 16.0. The van der Waals surface area contributed by atoms with Crippen molar-refractivity contribution < 1.29 is 17.9 Å². The molecule has 7 heteroatoms. The van der Waals surface area contributed by atoms with Crippen molar-refractivity contribution >= 4 is 10.0 Å². The largest absolute Gasteiger partial charge is 0.493 e. The summed E-state index contributed by atoms with van der Waals surface area (Å²) in [5, 5.41) is 0. The second-order valence-electron chi connectivity index (χ2n) is 6.21. The van der Waals surface area contributed by atoms with E-state index in [0.29, 0.717) is 43.4 Å². The van der Waals surface area contributed by atoms with Gasteiger partial charge in [-0.15, -0.1) is 0 Å². The zero-order valence-corrected chi connectivity index (χ0v) is 14.2. The van der Waals surface area contributed by atoms with E-state index in [1.807, 2.05) is 6.07 Å². The Morgan fingerprint density at radius 2 is 1.83 bits per heavy atom. The molecule has 0 radical (unpaired) electrons. The Bertz CT molecular complexity index is 692. The third-order valence-corrected chi connectivity index (χ3v) is 6.97. The molecule has 0 bridgehead atoms. The van der Waals surface area contributed by atoms with Crippen LogP contribution in [0.3, 0.4) is 0 Å². The minimum atomic E-state index is -3.54. The molecule has 0 amide bonds. The molecule has 4 rings (SSSR count). The number of nitrogens with zero attached hydrogens (tertiary/aromatic N) is 2. The van der Waals surface area contributed by atoms with Crippen molar-refractivity contribution in [3.8, 4) is 11.5 Å². The third-order valence-electron chi connectivity index (χ3n) is 4.98. The van der Waals surface area contributed by atoms with Gasteiger partial charge >= 0.3 is 0 Å². The van der Waals surface area contributed by atoms with E-state index in [-0.39, 0.29) is 0 Å². The second kappa shape index (κ2) is 5.65. The molecule has 23 heavy (non-hydrogen) atoms. The monoisotopic (exact) mass is 338 g/mol. The summed E-state index contributed by atoms with van der Waals surface area (Å²) in [7, 11) is -3.54. The predicted molar refractivity (Wildman–Crippen MR) is 85.7 cm³/mol. The van der Waals surface area contributed by atoms with Crippen LogP contribution < -0.4 is 9.47 Å². The van der Waals surface area contributed by atoms with Crippen LogP contribution in [0.2, 0.25) is 0 Å². The minimum absolute atomic E-state index is 0.366. The van der Waals surface area contributed by atoms with Crippen LogP contribution in [0.1, 0.15) is 18.1 Å². The quantitative estimate of drug-likeness (QED) is 0.819. The van der Waals surface area contributed by atoms with E-state index < -0.39 is 10.0 Å². The van der Waals surface area contributed by atoms with Gasteiger partial charge in [0.05, 0.1) is 13.2 Å². The zero-order valence-electron chi connectivity index (χ0n) is 13.4. The molecule has 0 aliphatic carbocycles. The molecule has 1 saturated heterocycles. The molecule has 0 aromatic heterocycles. The number of rotatable bonds is 3. The highest BCUT2D eigenvalue weighted by Gasteiger charge is 2.37. The van der Waals surface area contributed by atoms with Gasteiger partial charge in [0, 0.05) is 50.1 Å². The molecule has 1 aromatic rings. The molecule has 0 unspecified atom stereocenters. The molecule has 1 fully saturated rings. The highest BCUT2D eigenvalue weighted by Crippen LogP contribution is 2.44. The van der Waals surface area contributed by atoms with E-state index in [1.165, 1.54) is 0 Å². The Hall–Kier alpha value is -1.31. The van der Waals surface area contributed by atoms with Crippen molar-refractivity contribution in [2.24, 2.45) is 0 Å². The van der Waals surface area contributed by atoms with Crippen LogP contribution in [0, 0.1) is 0 Å². The number of fused-ring (bicyclic) bond motifs is 2. The third kappa shape index (κ3) is 2.42. The van der Waals surface area contributed by atoms with Crippen molar-refractivity contribution in [1.82, 2.24) is 9.21 Å². The summed E-state index contributed by atoms with van der Waals surface area (Å²) >= 11 is 0. The first-order valence-electron chi connectivity index (χ1n) is 8.28. The molecule has 3 heterocycles. The fourth-order valence-corrected chi connectivity index (χ4v) is 5.47. The Balaban J connectivity index is 1.75. The van der Waals surface area contributed by atoms with Crippen LogP contribution in [-0.4, -0.2) is 63.6 Å². The van der Waals surface area contributed by atoms with Crippen molar-refractivity contribution in [2.75, 3.05) is 45.9 Å². The molecule has 6 nitrogen and oxygen atoms in total. The number of hydrogen-bond donors (Lipinski definition) is 0. The molecular weight excluding hydrogens is 316 g/mol. The lowest BCUT2D eigenvalue weighted by Crippen LogP contribution is -2.48. The SMILES string of the molecule is CCN1CCN(S(=O)(=O)c2c3c(cc4c2OCC4)OCC3)CC1. The maximum absolute atomic E-state index is 13.3. The van der Waals surface area contributed by atoms with Crippen molar-refractivity contribution in [1.29, 1.82) is 0 Å². The van der Waals surface area contributed by atoms with E-state index in [4.69, 9.17) is 9.47 Å². The van der Waals surface area contributed by atoms with Gasteiger partial charge in [0.2, 0.25) is 10.0 Å². The molecule has 0 saturated carbocycles. The average molecular weight is 338 g/mol. The van der Waals surface area contributed by atoms with Crippen molar-refractivity contribution in [2.45, 2.75) is 24.7 Å². The lowest BCUT2D eigenvalue weighted by Gasteiger charge is -2.33. The molecule has 0 N–H and O–H groups in total. The summed E-state index contributed by atoms with van der Waals surface area (Å²) in [5.74, 6) is 1.28. The lowest BCUT2D eigenvalue weighted by molar-refractivity contribution is 0.196. The highest BCUT2D eigenvalue weighted by atomic mass is 32.2. The topological polar surface area (TPSA) is 59.1 Å². The van der Waals surface area contributed by atoms with Gasteiger partial charge in [-0.1, -0.05) is 6.92 Å². The first-order chi connectivity index (χ1) is 11.1. The van der Waals surface area contributed by atoms with Crippen LogP contribution in [0.25, 0.3) is 0 Å². The maximum atomic E-state index is 13.3. The van der Waals surface area contributed by atoms with Gasteiger partial charge in [-0.25, -0.2) is 8.42 Å². The summed E-state index contributed by atoms with van der Waals surface area (Å²) in [6, 6.07) is 1.96. The normalized spacial score (nSPS) is 21.6. The standard InChI is InChI=1S/C16H22N2O4S/c1-2-17-5-7-18(8-6-17)23(19,20)16-13-4-10-21-14(13)11-12-3-9-22-15(12)16/h11H,2-10H2,1H3. The van der Waals surface area contributed by atoms with Gasteiger partial charge < -0.3 is 14.4 Å². The Morgan fingerprint density at radius 1 is 1.09 bits per heavy atom. The highest BCUT2D eigenvalue weighted by molar-refractivity contribution is 7.89. The summed E-state index contributed by atoms with van der Waals surface area (Å²) in [6.07, 6.45) is 1.38. The van der Waals surface area contributed by atoms with E-state index in [2.05, 4.69) is 11.8 Å². The molecule has 0 atom stereocenters. The molecule has 3 aliphatic heterocycles. The predicted octanol–water partition coefficient (Wildman–Crippen LogP) is 0.883. The van der Waals surface area contributed by atoms with Crippen LogP contribution >= 0.6 is 0 Å².